The molecule has 2 N–H and O–H groups in total. The molecule has 4 aromatic rings. The number of hydrogen-bond acceptors (Lipinski definition) is 8. The number of benzene rings is 2. The molecule has 13 heteroatoms. The Bertz CT molecular complexity index is 1920. The summed E-state index contributed by atoms with van der Waals surface area (Å²) in [7, 11) is 0. The molecule has 2 aliphatic carbocycles. The number of thiazole rings is 2. The number of carbonyl (C=O) groups excluding carboxylic acids is 2. The van der Waals surface area contributed by atoms with Gasteiger partial charge >= 0.3 is 0 Å². The van der Waals surface area contributed by atoms with Crippen molar-refractivity contribution >= 4 is 56.4 Å². The fourth-order valence-electron chi connectivity index (χ4n) is 8.17. The van der Waals surface area contributed by atoms with Crippen LogP contribution in [0.15, 0.2) is 65.6 Å². The van der Waals surface area contributed by atoms with Crippen LogP contribution in [0.1, 0.15) is 100 Å². The van der Waals surface area contributed by atoms with E-state index < -0.39 is 6.04 Å². The van der Waals surface area contributed by atoms with Crippen LogP contribution in [0.25, 0.3) is 0 Å². The summed E-state index contributed by atoms with van der Waals surface area (Å²) in [6, 6.07) is 12.0. The third kappa shape index (κ3) is 7.64. The van der Waals surface area contributed by atoms with Gasteiger partial charge in [-0.2, -0.15) is 0 Å². The van der Waals surface area contributed by atoms with Crippen molar-refractivity contribution in [3.8, 4) is 0 Å². The highest BCUT2D eigenvalue weighted by molar-refractivity contribution is 7.14. The lowest BCUT2D eigenvalue weighted by atomic mass is 9.94. The molecule has 278 valence electrons. The molecule has 0 saturated heterocycles. The number of nitrogens with one attached hydrogen (secondary N) is 2. The normalized spacial score (nSPS) is 18.5. The number of fused-ring (bicyclic) bond motifs is 2. The van der Waals surface area contributed by atoms with Crippen LogP contribution in [0.3, 0.4) is 0 Å². The molecule has 0 radical (unpaired) electrons. The van der Waals surface area contributed by atoms with Gasteiger partial charge in [-0.05, 0) is 62.8 Å². The van der Waals surface area contributed by atoms with E-state index in [0.29, 0.717) is 24.5 Å². The van der Waals surface area contributed by atoms with E-state index in [4.69, 9.17) is 10.8 Å². The van der Waals surface area contributed by atoms with E-state index in [1.165, 1.54) is 60.5 Å². The van der Waals surface area contributed by atoms with Crippen molar-refractivity contribution in [1.82, 2.24) is 19.8 Å². The first-order valence-corrected chi connectivity index (χ1v) is 20.5. The first-order valence-electron chi connectivity index (χ1n) is 18.8. The van der Waals surface area contributed by atoms with Crippen molar-refractivity contribution < 1.29 is 14.0 Å². The second-order valence-corrected chi connectivity index (χ2v) is 16.1. The van der Waals surface area contributed by atoms with Gasteiger partial charge in [-0.3, -0.25) is 30.2 Å². The summed E-state index contributed by atoms with van der Waals surface area (Å²) in [5, 5.41) is 22.3. The van der Waals surface area contributed by atoms with Gasteiger partial charge in [0.2, 0.25) is 0 Å². The summed E-state index contributed by atoms with van der Waals surface area (Å²) in [5.41, 5.74) is 3.52. The van der Waals surface area contributed by atoms with Crippen LogP contribution in [-0.2, 0) is 22.7 Å². The quantitative estimate of drug-likeness (QED) is 0.187. The minimum Gasteiger partial charge on any atom is -0.340 e. The highest BCUT2D eigenvalue weighted by Gasteiger charge is 2.39. The Kier molecular flexibility index (Phi) is 11.3. The third-order valence-electron chi connectivity index (χ3n) is 11.1. The SMILES string of the molecule is CC(C(=O)N(c1nccs1)C1CCCCC1)N1Cc2ccc(F)cc2C1=N.CC(C(=O)N(c1nccs1)C1CCCCC1)N1Cc2ccccc2C1=N. The van der Waals surface area contributed by atoms with Gasteiger partial charge in [-0.1, -0.05) is 68.9 Å². The summed E-state index contributed by atoms with van der Waals surface area (Å²) in [5.74, 6) is 0.336. The maximum atomic E-state index is 13.6. The van der Waals surface area contributed by atoms with Crippen molar-refractivity contribution in [2.24, 2.45) is 0 Å². The number of aromatic nitrogens is 2. The Hall–Kier alpha value is -4.49. The van der Waals surface area contributed by atoms with E-state index >= 15 is 0 Å². The third-order valence-corrected chi connectivity index (χ3v) is 12.7. The maximum Gasteiger partial charge on any atom is 0.251 e. The van der Waals surface area contributed by atoms with Crippen molar-refractivity contribution in [3.63, 3.8) is 0 Å². The Morgan fingerprint density at radius 2 is 1.19 bits per heavy atom. The lowest BCUT2D eigenvalue weighted by Gasteiger charge is -2.36. The van der Waals surface area contributed by atoms with E-state index in [-0.39, 0.29) is 41.6 Å². The molecule has 2 aromatic carbocycles. The molecule has 10 nitrogen and oxygen atoms in total. The molecular formula is C40H47FN8O2S2. The first-order chi connectivity index (χ1) is 25.7. The molecule has 8 rings (SSSR count). The fraction of sp³-hybridized carbons (Fsp3) is 0.450. The fourth-order valence-corrected chi connectivity index (χ4v) is 9.61. The minimum atomic E-state index is -0.501. The minimum absolute atomic E-state index is 0.0325. The van der Waals surface area contributed by atoms with Crippen molar-refractivity contribution in [2.45, 2.75) is 115 Å². The second kappa shape index (κ2) is 16.3. The lowest BCUT2D eigenvalue weighted by Crippen LogP contribution is -2.51. The number of hydrogen-bond donors (Lipinski definition) is 2. The molecule has 2 aliphatic heterocycles. The number of rotatable bonds is 8. The molecule has 0 spiro atoms. The highest BCUT2D eigenvalue weighted by Crippen LogP contribution is 2.34. The number of amidine groups is 2. The van der Waals surface area contributed by atoms with Crippen LogP contribution in [0.2, 0.25) is 0 Å². The molecule has 2 saturated carbocycles. The smallest absolute Gasteiger partial charge is 0.251 e. The number of anilines is 2. The zero-order valence-corrected chi connectivity index (χ0v) is 32.0. The Morgan fingerprint density at radius 1 is 0.717 bits per heavy atom. The Morgan fingerprint density at radius 3 is 1.66 bits per heavy atom. The van der Waals surface area contributed by atoms with Gasteiger partial charge in [0.05, 0.1) is 0 Å². The van der Waals surface area contributed by atoms with Crippen LogP contribution < -0.4 is 9.80 Å². The van der Waals surface area contributed by atoms with Crippen LogP contribution in [0.4, 0.5) is 14.7 Å². The van der Waals surface area contributed by atoms with Gasteiger partial charge in [0.1, 0.15) is 29.6 Å². The van der Waals surface area contributed by atoms with Gasteiger partial charge in [-0.25, -0.2) is 14.4 Å². The molecule has 2 fully saturated rings. The molecular weight excluding hydrogens is 708 g/mol. The van der Waals surface area contributed by atoms with Gasteiger partial charge in [0, 0.05) is 59.5 Å². The molecule has 2 aromatic heterocycles. The van der Waals surface area contributed by atoms with Crippen LogP contribution in [0.5, 0.6) is 0 Å². The summed E-state index contributed by atoms with van der Waals surface area (Å²) < 4.78 is 13.6. The van der Waals surface area contributed by atoms with E-state index in [9.17, 15) is 14.0 Å². The second-order valence-electron chi connectivity index (χ2n) is 14.4. The van der Waals surface area contributed by atoms with Crippen LogP contribution in [-0.4, -0.2) is 67.4 Å². The van der Waals surface area contributed by atoms with Crippen molar-refractivity contribution in [3.05, 3.63) is 93.7 Å². The van der Waals surface area contributed by atoms with E-state index in [1.54, 1.807) is 23.4 Å². The van der Waals surface area contributed by atoms with Crippen molar-refractivity contribution in [2.75, 3.05) is 9.80 Å². The average molecular weight is 755 g/mol. The van der Waals surface area contributed by atoms with Gasteiger partial charge in [-0.15, -0.1) is 22.7 Å². The summed E-state index contributed by atoms with van der Waals surface area (Å²) in [6.45, 7) is 4.84. The number of amides is 2. The van der Waals surface area contributed by atoms with Crippen LogP contribution >= 0.6 is 22.7 Å². The predicted molar refractivity (Wildman–Crippen MR) is 209 cm³/mol. The summed E-state index contributed by atoms with van der Waals surface area (Å²) in [4.78, 5) is 43.2. The highest BCUT2D eigenvalue weighted by atomic mass is 32.1. The average Bonchev–Trinajstić information content (AvgIpc) is 4.02. The maximum absolute atomic E-state index is 13.6. The van der Waals surface area contributed by atoms with Crippen LogP contribution in [0, 0.1) is 16.6 Å². The largest absolute Gasteiger partial charge is 0.340 e. The zero-order chi connectivity index (χ0) is 37.1. The monoisotopic (exact) mass is 754 g/mol. The molecule has 2 unspecified atom stereocenters. The molecule has 0 bridgehead atoms. The van der Waals surface area contributed by atoms with E-state index in [2.05, 4.69) is 9.97 Å². The molecule has 2 amide bonds. The topological polar surface area (TPSA) is 121 Å². The number of carbonyl (C=O) groups is 2. The Balaban J connectivity index is 0.000000164. The van der Waals surface area contributed by atoms with Gasteiger partial charge in [0.15, 0.2) is 10.3 Å². The lowest BCUT2D eigenvalue weighted by molar-refractivity contribution is -0.123. The van der Waals surface area contributed by atoms with E-state index in [0.717, 1.165) is 65.5 Å². The molecule has 2 atom stereocenters. The Labute approximate surface area is 318 Å². The van der Waals surface area contributed by atoms with Gasteiger partial charge < -0.3 is 9.80 Å². The summed E-state index contributed by atoms with van der Waals surface area (Å²) >= 11 is 3.00. The van der Waals surface area contributed by atoms with Crippen molar-refractivity contribution in [1.29, 1.82) is 10.8 Å². The molecule has 53 heavy (non-hydrogen) atoms. The molecule has 4 aliphatic rings. The first kappa shape index (κ1) is 36.9. The van der Waals surface area contributed by atoms with E-state index in [1.807, 2.05) is 63.6 Å². The summed E-state index contributed by atoms with van der Waals surface area (Å²) in [6.07, 6.45) is 14.6. The number of nitrogens with zero attached hydrogens (tertiary/aromatic N) is 6. The molecule has 4 heterocycles. The van der Waals surface area contributed by atoms with Gasteiger partial charge in [0.25, 0.3) is 11.8 Å². The number of halogens is 1. The predicted octanol–water partition coefficient (Wildman–Crippen LogP) is 8.22. The zero-order valence-electron chi connectivity index (χ0n) is 30.3. The standard InChI is InChI=1S/C20H23FN4OS.C20H24N4OS/c1-13(24-12-14-7-8-15(21)11-17(14)18(24)22)19(26)25(20-23-9-10-27-20)16-5-3-2-4-6-16;1-14(23-13-15-7-5-6-10-17(15)18(23)21)19(25)24(20-22-11-12-26-20)16-8-3-2-4-9-16/h7-11,13,16,22H,2-6,12H2,1H3;5-7,10-12,14,16,21H,2-4,8-9,13H2,1H3.